The topological polar surface area (TPSA) is 75.8 Å². The first-order chi connectivity index (χ1) is 6.18. The van der Waals surface area contributed by atoms with Crippen molar-refractivity contribution in [3.8, 4) is 0 Å². The zero-order valence-electron chi connectivity index (χ0n) is 7.61. The van der Waals surface area contributed by atoms with Crippen molar-refractivity contribution in [2.75, 3.05) is 26.2 Å². The van der Waals surface area contributed by atoms with Gasteiger partial charge in [-0.05, 0) is 13.0 Å². The Balaban J connectivity index is 2.10. The van der Waals surface area contributed by atoms with Crippen molar-refractivity contribution in [2.24, 2.45) is 5.73 Å². The first-order valence-corrected chi connectivity index (χ1v) is 4.50. The Kier molecular flexibility index (Phi) is 4.14. The second kappa shape index (κ2) is 5.16. The Morgan fingerprint density at radius 2 is 2.46 bits per heavy atom. The average molecular weight is 188 g/mol. The fraction of sp³-hybridized carbons (Fsp3) is 0.875. The molecule has 0 aromatic carbocycles. The number of carboxylic acids is 1. The number of ether oxygens (including phenoxy) is 1. The van der Waals surface area contributed by atoms with Gasteiger partial charge in [0, 0.05) is 19.5 Å². The third-order valence-corrected chi connectivity index (χ3v) is 2.04. The molecule has 0 aliphatic carbocycles. The van der Waals surface area contributed by atoms with E-state index in [1.54, 1.807) is 0 Å². The molecule has 5 heteroatoms. The third kappa shape index (κ3) is 4.21. The first-order valence-electron chi connectivity index (χ1n) is 4.50. The van der Waals surface area contributed by atoms with E-state index in [1.165, 1.54) is 0 Å². The Hall–Kier alpha value is -0.650. The number of carboxylic acid groups (broad SMARTS) is 1. The Labute approximate surface area is 77.5 Å². The maximum Gasteiger partial charge on any atom is 0.303 e. The van der Waals surface area contributed by atoms with Crippen molar-refractivity contribution in [1.82, 2.24) is 4.90 Å². The lowest BCUT2D eigenvalue weighted by molar-refractivity contribution is -0.137. The molecule has 0 amide bonds. The highest BCUT2D eigenvalue weighted by Crippen LogP contribution is 2.02. The molecule has 3 N–H and O–H groups in total. The second-order valence-electron chi connectivity index (χ2n) is 3.21. The Bertz CT molecular complexity index is 175. The van der Waals surface area contributed by atoms with Crippen LogP contribution in [0.1, 0.15) is 12.8 Å². The van der Waals surface area contributed by atoms with E-state index < -0.39 is 5.97 Å². The molecule has 1 aliphatic rings. The summed E-state index contributed by atoms with van der Waals surface area (Å²) in [6.07, 6.45) is 0.702. The highest BCUT2D eigenvalue weighted by atomic mass is 16.5. The molecule has 1 atom stereocenters. The van der Waals surface area contributed by atoms with Gasteiger partial charge in [0.1, 0.15) is 6.23 Å². The molecule has 76 valence electrons. The van der Waals surface area contributed by atoms with E-state index in [-0.39, 0.29) is 12.6 Å². The van der Waals surface area contributed by atoms with E-state index in [9.17, 15) is 4.79 Å². The number of hydrogen-bond donors (Lipinski definition) is 2. The van der Waals surface area contributed by atoms with Crippen molar-refractivity contribution >= 4 is 5.97 Å². The summed E-state index contributed by atoms with van der Waals surface area (Å²) >= 11 is 0. The number of morpholine rings is 1. The fourth-order valence-corrected chi connectivity index (χ4v) is 1.39. The lowest BCUT2D eigenvalue weighted by Gasteiger charge is -2.30. The molecule has 13 heavy (non-hydrogen) atoms. The van der Waals surface area contributed by atoms with Gasteiger partial charge in [-0.2, -0.15) is 0 Å². The lowest BCUT2D eigenvalue weighted by atomic mass is 10.2. The van der Waals surface area contributed by atoms with E-state index in [1.807, 2.05) is 0 Å². The zero-order chi connectivity index (χ0) is 9.68. The largest absolute Gasteiger partial charge is 0.481 e. The van der Waals surface area contributed by atoms with E-state index in [4.69, 9.17) is 15.6 Å². The van der Waals surface area contributed by atoms with Gasteiger partial charge in [0.25, 0.3) is 0 Å². The molecule has 1 heterocycles. The van der Waals surface area contributed by atoms with Gasteiger partial charge in [0.15, 0.2) is 0 Å². The minimum absolute atomic E-state index is 0.210. The van der Waals surface area contributed by atoms with E-state index in [0.29, 0.717) is 19.6 Å². The summed E-state index contributed by atoms with van der Waals surface area (Å²) in [5.41, 5.74) is 5.58. The normalized spacial score (nSPS) is 24.5. The molecule has 0 saturated carbocycles. The molecule has 1 fully saturated rings. The summed E-state index contributed by atoms with van der Waals surface area (Å²) in [6.45, 7) is 3.00. The van der Waals surface area contributed by atoms with Crippen LogP contribution in [0.25, 0.3) is 0 Å². The number of rotatable bonds is 4. The summed E-state index contributed by atoms with van der Waals surface area (Å²) in [5, 5.41) is 8.43. The number of hydrogen-bond acceptors (Lipinski definition) is 4. The van der Waals surface area contributed by atoms with Crippen LogP contribution in [0.3, 0.4) is 0 Å². The molecular formula is C8H16N2O3. The van der Waals surface area contributed by atoms with Crippen molar-refractivity contribution in [2.45, 2.75) is 19.1 Å². The maximum atomic E-state index is 10.2. The number of nitrogens with zero attached hydrogens (tertiary/aromatic N) is 1. The van der Waals surface area contributed by atoms with Gasteiger partial charge in [0.2, 0.25) is 0 Å². The highest BCUT2D eigenvalue weighted by Gasteiger charge is 2.16. The van der Waals surface area contributed by atoms with Crippen LogP contribution in [0.4, 0.5) is 0 Å². The number of carbonyl (C=O) groups is 1. The predicted octanol–water partition coefficient (Wildman–Crippen LogP) is -0.532. The SMILES string of the molecule is N[C@@H]1CN(CCCC(=O)O)CCO1. The monoisotopic (exact) mass is 188 g/mol. The number of nitrogens with two attached hydrogens (primary N) is 1. The van der Waals surface area contributed by atoms with Gasteiger partial charge in [-0.1, -0.05) is 0 Å². The molecule has 5 nitrogen and oxygen atoms in total. The van der Waals surface area contributed by atoms with Gasteiger partial charge in [0.05, 0.1) is 6.61 Å². The molecule has 0 bridgehead atoms. The van der Waals surface area contributed by atoms with Crippen molar-refractivity contribution < 1.29 is 14.6 Å². The van der Waals surface area contributed by atoms with Crippen LogP contribution in [0.2, 0.25) is 0 Å². The van der Waals surface area contributed by atoms with Crippen molar-refractivity contribution in [3.63, 3.8) is 0 Å². The standard InChI is InChI=1S/C8H16N2O3/c9-7-6-10(4-5-13-7)3-1-2-8(11)12/h7H,1-6,9H2,(H,11,12)/t7-/m0/s1. The highest BCUT2D eigenvalue weighted by molar-refractivity contribution is 5.66. The van der Waals surface area contributed by atoms with E-state index in [2.05, 4.69) is 4.90 Å². The van der Waals surface area contributed by atoms with Crippen LogP contribution in [-0.2, 0) is 9.53 Å². The van der Waals surface area contributed by atoms with Gasteiger partial charge in [-0.25, -0.2) is 0 Å². The van der Waals surface area contributed by atoms with Gasteiger partial charge in [-0.3, -0.25) is 9.69 Å². The van der Waals surface area contributed by atoms with E-state index in [0.717, 1.165) is 13.1 Å². The van der Waals surface area contributed by atoms with Crippen LogP contribution in [0.5, 0.6) is 0 Å². The third-order valence-electron chi connectivity index (χ3n) is 2.04. The second-order valence-corrected chi connectivity index (χ2v) is 3.21. The van der Waals surface area contributed by atoms with Crippen LogP contribution < -0.4 is 5.73 Å². The molecule has 1 rings (SSSR count). The first kappa shape index (κ1) is 10.4. The molecule has 0 radical (unpaired) electrons. The lowest BCUT2D eigenvalue weighted by Crippen LogP contribution is -2.46. The Morgan fingerprint density at radius 3 is 3.08 bits per heavy atom. The molecule has 1 saturated heterocycles. The quantitative estimate of drug-likeness (QED) is 0.620. The number of aliphatic carboxylic acids is 1. The molecule has 0 aromatic heterocycles. The zero-order valence-corrected chi connectivity index (χ0v) is 7.61. The van der Waals surface area contributed by atoms with Gasteiger partial charge < -0.3 is 15.6 Å². The molecule has 0 unspecified atom stereocenters. The molecule has 1 aliphatic heterocycles. The fourth-order valence-electron chi connectivity index (χ4n) is 1.39. The van der Waals surface area contributed by atoms with Gasteiger partial charge >= 0.3 is 5.97 Å². The van der Waals surface area contributed by atoms with E-state index >= 15 is 0 Å². The maximum absolute atomic E-state index is 10.2. The smallest absolute Gasteiger partial charge is 0.303 e. The summed E-state index contributed by atoms with van der Waals surface area (Å²) in [4.78, 5) is 12.4. The molecular weight excluding hydrogens is 172 g/mol. The molecule has 0 aromatic rings. The van der Waals surface area contributed by atoms with Crippen LogP contribution >= 0.6 is 0 Å². The van der Waals surface area contributed by atoms with Crippen molar-refractivity contribution in [3.05, 3.63) is 0 Å². The average Bonchev–Trinajstić information content (AvgIpc) is 2.03. The van der Waals surface area contributed by atoms with Crippen LogP contribution in [0.15, 0.2) is 0 Å². The Morgan fingerprint density at radius 1 is 1.69 bits per heavy atom. The van der Waals surface area contributed by atoms with Gasteiger partial charge in [-0.15, -0.1) is 0 Å². The summed E-state index contributed by atoms with van der Waals surface area (Å²) in [7, 11) is 0. The van der Waals surface area contributed by atoms with Crippen molar-refractivity contribution in [1.29, 1.82) is 0 Å². The summed E-state index contributed by atoms with van der Waals surface area (Å²) in [5.74, 6) is -0.738. The predicted molar refractivity (Wildman–Crippen MR) is 47.2 cm³/mol. The summed E-state index contributed by atoms with van der Waals surface area (Å²) in [6, 6.07) is 0. The molecule has 0 spiro atoms. The van der Waals surface area contributed by atoms with Crippen LogP contribution in [0, 0.1) is 0 Å². The minimum Gasteiger partial charge on any atom is -0.481 e. The summed E-state index contributed by atoms with van der Waals surface area (Å²) < 4.78 is 5.16. The minimum atomic E-state index is -0.738. The van der Waals surface area contributed by atoms with Crippen LogP contribution in [-0.4, -0.2) is 48.4 Å².